The summed E-state index contributed by atoms with van der Waals surface area (Å²) in [5, 5.41) is 0. The standard InChI is InChI=1S/C6H13NO.C3H8/c1-6(7)3-2-4-8-5-6;1-3-2/h2-5,7H2,1H3;3H2,1-2H3. The predicted molar refractivity (Wildman–Crippen MR) is 48.6 cm³/mol. The first-order chi connectivity index (χ1) is 5.12. The normalized spacial score (nSPS) is 30.5. The van der Waals surface area contributed by atoms with Gasteiger partial charge in [-0.1, -0.05) is 20.3 Å². The first-order valence-corrected chi connectivity index (χ1v) is 4.49. The molecule has 2 nitrogen and oxygen atoms in total. The highest BCUT2D eigenvalue weighted by Gasteiger charge is 2.21. The van der Waals surface area contributed by atoms with E-state index < -0.39 is 0 Å². The van der Waals surface area contributed by atoms with E-state index in [1.54, 1.807) is 0 Å². The molecule has 11 heavy (non-hydrogen) atoms. The van der Waals surface area contributed by atoms with Crippen LogP contribution < -0.4 is 5.73 Å². The number of hydrogen-bond acceptors (Lipinski definition) is 2. The average Bonchev–Trinajstić information content (AvgIpc) is 1.88. The van der Waals surface area contributed by atoms with Gasteiger partial charge in [-0.3, -0.25) is 0 Å². The fourth-order valence-corrected chi connectivity index (χ4v) is 0.956. The van der Waals surface area contributed by atoms with Gasteiger partial charge in [-0.15, -0.1) is 0 Å². The van der Waals surface area contributed by atoms with E-state index in [1.807, 2.05) is 6.92 Å². The summed E-state index contributed by atoms with van der Waals surface area (Å²) in [6, 6.07) is 0. The third-order valence-electron chi connectivity index (χ3n) is 1.47. The summed E-state index contributed by atoms with van der Waals surface area (Å²) >= 11 is 0. The van der Waals surface area contributed by atoms with Crippen LogP contribution in [-0.2, 0) is 4.74 Å². The van der Waals surface area contributed by atoms with Gasteiger partial charge in [0.2, 0.25) is 0 Å². The molecular weight excluding hydrogens is 138 g/mol. The van der Waals surface area contributed by atoms with Crippen molar-refractivity contribution >= 4 is 0 Å². The number of ether oxygens (including phenoxy) is 1. The van der Waals surface area contributed by atoms with Gasteiger partial charge in [-0.25, -0.2) is 0 Å². The summed E-state index contributed by atoms with van der Waals surface area (Å²) in [6.07, 6.45) is 3.47. The van der Waals surface area contributed by atoms with Crippen LogP contribution in [0.1, 0.15) is 40.0 Å². The van der Waals surface area contributed by atoms with E-state index in [2.05, 4.69) is 13.8 Å². The Kier molecular flexibility index (Phi) is 5.51. The molecular formula is C9H21NO. The third-order valence-corrected chi connectivity index (χ3v) is 1.47. The van der Waals surface area contributed by atoms with Crippen LogP contribution in [0.25, 0.3) is 0 Å². The van der Waals surface area contributed by atoms with Gasteiger partial charge < -0.3 is 10.5 Å². The molecule has 0 aromatic heterocycles. The average molecular weight is 159 g/mol. The molecule has 0 radical (unpaired) electrons. The van der Waals surface area contributed by atoms with Crippen LogP contribution in [0, 0.1) is 0 Å². The van der Waals surface area contributed by atoms with Crippen molar-refractivity contribution in [3.05, 3.63) is 0 Å². The molecule has 0 aromatic carbocycles. The molecule has 2 heteroatoms. The monoisotopic (exact) mass is 159 g/mol. The first kappa shape index (κ1) is 10.9. The lowest BCUT2D eigenvalue weighted by Gasteiger charge is -2.28. The van der Waals surface area contributed by atoms with Gasteiger partial charge in [0, 0.05) is 12.1 Å². The number of hydrogen-bond donors (Lipinski definition) is 1. The summed E-state index contributed by atoms with van der Waals surface area (Å²) in [6.45, 7) is 7.91. The maximum Gasteiger partial charge on any atom is 0.0643 e. The Morgan fingerprint density at radius 3 is 2.18 bits per heavy atom. The minimum atomic E-state index is -0.0434. The van der Waals surface area contributed by atoms with Crippen LogP contribution >= 0.6 is 0 Å². The lowest BCUT2D eigenvalue weighted by Crippen LogP contribution is -2.44. The first-order valence-electron chi connectivity index (χ1n) is 4.49. The van der Waals surface area contributed by atoms with Crippen molar-refractivity contribution < 1.29 is 4.74 Å². The molecule has 1 unspecified atom stereocenters. The van der Waals surface area contributed by atoms with Crippen molar-refractivity contribution in [2.24, 2.45) is 5.73 Å². The molecule has 1 atom stereocenters. The van der Waals surface area contributed by atoms with E-state index in [0.717, 1.165) is 26.1 Å². The molecule has 68 valence electrons. The molecule has 0 amide bonds. The molecule has 1 aliphatic rings. The van der Waals surface area contributed by atoms with Crippen LogP contribution in [0.2, 0.25) is 0 Å². The zero-order valence-corrected chi connectivity index (χ0v) is 8.02. The Morgan fingerprint density at radius 2 is 2.00 bits per heavy atom. The van der Waals surface area contributed by atoms with Crippen LogP contribution in [0.3, 0.4) is 0 Å². The second-order valence-corrected chi connectivity index (χ2v) is 3.52. The van der Waals surface area contributed by atoms with E-state index >= 15 is 0 Å². The smallest absolute Gasteiger partial charge is 0.0643 e. The summed E-state index contributed by atoms with van der Waals surface area (Å²) < 4.78 is 5.16. The van der Waals surface area contributed by atoms with Crippen molar-refractivity contribution in [3.8, 4) is 0 Å². The Hall–Kier alpha value is -0.0800. The van der Waals surface area contributed by atoms with E-state index in [9.17, 15) is 0 Å². The summed E-state index contributed by atoms with van der Waals surface area (Å²) in [7, 11) is 0. The van der Waals surface area contributed by atoms with Crippen molar-refractivity contribution in [1.29, 1.82) is 0 Å². The van der Waals surface area contributed by atoms with Crippen LogP contribution in [0.4, 0.5) is 0 Å². The number of rotatable bonds is 0. The van der Waals surface area contributed by atoms with E-state index in [1.165, 1.54) is 6.42 Å². The van der Waals surface area contributed by atoms with Gasteiger partial charge in [-0.2, -0.15) is 0 Å². The third kappa shape index (κ3) is 6.32. The van der Waals surface area contributed by atoms with Gasteiger partial charge in [0.25, 0.3) is 0 Å². The lowest BCUT2D eigenvalue weighted by atomic mass is 9.97. The minimum absolute atomic E-state index is 0.0434. The molecule has 0 bridgehead atoms. The van der Waals surface area contributed by atoms with E-state index in [0.29, 0.717) is 0 Å². The van der Waals surface area contributed by atoms with Crippen LogP contribution in [-0.4, -0.2) is 18.8 Å². The Bertz CT molecular complexity index is 83.6. The maximum absolute atomic E-state index is 5.75. The molecule has 1 heterocycles. The van der Waals surface area contributed by atoms with E-state index in [-0.39, 0.29) is 5.54 Å². The quantitative estimate of drug-likeness (QED) is 0.586. The summed E-state index contributed by atoms with van der Waals surface area (Å²) in [5.74, 6) is 0. The van der Waals surface area contributed by atoms with Gasteiger partial charge >= 0.3 is 0 Å². The lowest BCUT2D eigenvalue weighted by molar-refractivity contribution is 0.0458. The molecule has 0 aliphatic carbocycles. The molecule has 1 rings (SSSR count). The SMILES string of the molecule is CC1(N)CCCOC1.CCC. The second kappa shape index (κ2) is 5.56. The highest BCUT2D eigenvalue weighted by molar-refractivity contribution is 4.80. The van der Waals surface area contributed by atoms with Crippen molar-refractivity contribution in [3.63, 3.8) is 0 Å². The van der Waals surface area contributed by atoms with E-state index in [4.69, 9.17) is 10.5 Å². The zero-order chi connectivity index (χ0) is 8.74. The van der Waals surface area contributed by atoms with Gasteiger partial charge in [0.15, 0.2) is 0 Å². The molecule has 0 aromatic rings. The topological polar surface area (TPSA) is 35.2 Å². The van der Waals surface area contributed by atoms with Crippen molar-refractivity contribution in [1.82, 2.24) is 0 Å². The zero-order valence-electron chi connectivity index (χ0n) is 8.02. The molecule has 1 saturated heterocycles. The largest absolute Gasteiger partial charge is 0.380 e. The van der Waals surface area contributed by atoms with Gasteiger partial charge in [0.05, 0.1) is 6.61 Å². The molecule has 2 N–H and O–H groups in total. The summed E-state index contributed by atoms with van der Waals surface area (Å²) in [5.41, 5.74) is 5.71. The van der Waals surface area contributed by atoms with Crippen LogP contribution in [0.15, 0.2) is 0 Å². The molecule has 0 saturated carbocycles. The highest BCUT2D eigenvalue weighted by atomic mass is 16.5. The highest BCUT2D eigenvalue weighted by Crippen LogP contribution is 2.13. The van der Waals surface area contributed by atoms with Crippen molar-refractivity contribution in [2.45, 2.75) is 45.6 Å². The van der Waals surface area contributed by atoms with Crippen molar-refractivity contribution in [2.75, 3.05) is 13.2 Å². The summed E-state index contributed by atoms with van der Waals surface area (Å²) in [4.78, 5) is 0. The molecule has 0 spiro atoms. The Labute approximate surface area is 70.1 Å². The van der Waals surface area contributed by atoms with Gasteiger partial charge in [0.1, 0.15) is 0 Å². The fourth-order valence-electron chi connectivity index (χ4n) is 0.956. The molecule has 1 aliphatic heterocycles. The molecule has 1 fully saturated rings. The maximum atomic E-state index is 5.75. The predicted octanol–water partition coefficient (Wildman–Crippen LogP) is 1.93. The number of nitrogens with two attached hydrogens (primary N) is 1. The Balaban J connectivity index is 0.000000292. The second-order valence-electron chi connectivity index (χ2n) is 3.52. The van der Waals surface area contributed by atoms with Gasteiger partial charge in [-0.05, 0) is 19.8 Å². The fraction of sp³-hybridized carbons (Fsp3) is 1.00. The Morgan fingerprint density at radius 1 is 1.45 bits per heavy atom. The minimum Gasteiger partial charge on any atom is -0.380 e. The van der Waals surface area contributed by atoms with Crippen LogP contribution in [0.5, 0.6) is 0 Å².